The van der Waals surface area contributed by atoms with Crippen LogP contribution in [0.2, 0.25) is 0 Å². The van der Waals surface area contributed by atoms with Crippen LogP contribution < -0.4 is 4.74 Å². The van der Waals surface area contributed by atoms with Crippen molar-refractivity contribution in [3.05, 3.63) is 80.5 Å². The van der Waals surface area contributed by atoms with Gasteiger partial charge in [0.2, 0.25) is 0 Å². The molecule has 8 nitrogen and oxygen atoms in total. The standard InChI is InChI=1S/C27H25F3N2O6/c1-3-37-26(34)23-15(2)31-19-8-5-9-21(33)25(19)24(23)17-10-11-22(20(13-17)32(35)36)38-14-16-6-4-7-18(12-16)27(28,29)30/h4,6-7,10-13,23-24H,3,5,8-9,14H2,1-2H3/t23?,24-/m0/s1. The molecule has 0 aromatic heterocycles. The van der Waals surface area contributed by atoms with Gasteiger partial charge >= 0.3 is 17.8 Å². The summed E-state index contributed by atoms with van der Waals surface area (Å²) in [5.74, 6) is -2.68. The Morgan fingerprint density at radius 3 is 2.63 bits per heavy atom. The fraction of sp³-hybridized carbons (Fsp3) is 0.370. The monoisotopic (exact) mass is 530 g/mol. The summed E-state index contributed by atoms with van der Waals surface area (Å²) in [6.45, 7) is 3.09. The van der Waals surface area contributed by atoms with E-state index in [4.69, 9.17) is 9.47 Å². The highest BCUT2D eigenvalue weighted by Gasteiger charge is 2.43. The number of alkyl halides is 3. The average Bonchev–Trinajstić information content (AvgIpc) is 2.86. The van der Waals surface area contributed by atoms with E-state index in [9.17, 15) is 32.9 Å². The topological polar surface area (TPSA) is 108 Å². The third-order valence-electron chi connectivity index (χ3n) is 6.56. The number of ketones is 1. The second kappa shape index (κ2) is 10.8. The van der Waals surface area contributed by atoms with Gasteiger partial charge < -0.3 is 9.47 Å². The molecule has 0 saturated carbocycles. The lowest BCUT2D eigenvalue weighted by atomic mass is 9.71. The van der Waals surface area contributed by atoms with E-state index in [0.29, 0.717) is 35.4 Å². The molecule has 0 radical (unpaired) electrons. The van der Waals surface area contributed by atoms with E-state index in [0.717, 1.165) is 12.1 Å². The number of nitrogens with zero attached hydrogens (tertiary/aromatic N) is 2. The number of hydrogen-bond donors (Lipinski definition) is 0. The molecule has 1 aliphatic carbocycles. The lowest BCUT2D eigenvalue weighted by Gasteiger charge is -2.34. The first-order valence-corrected chi connectivity index (χ1v) is 12.1. The molecule has 38 heavy (non-hydrogen) atoms. The molecule has 0 N–H and O–H groups in total. The van der Waals surface area contributed by atoms with Gasteiger partial charge in [0.05, 0.1) is 17.1 Å². The van der Waals surface area contributed by atoms with E-state index in [1.165, 1.54) is 30.3 Å². The number of nitro benzene ring substituents is 1. The van der Waals surface area contributed by atoms with E-state index in [1.54, 1.807) is 13.8 Å². The molecule has 1 heterocycles. The van der Waals surface area contributed by atoms with Crippen molar-refractivity contribution in [2.24, 2.45) is 10.9 Å². The molecule has 0 fully saturated rings. The van der Waals surface area contributed by atoms with Gasteiger partial charge in [-0.3, -0.25) is 24.7 Å². The van der Waals surface area contributed by atoms with E-state index in [-0.39, 0.29) is 36.7 Å². The average molecular weight is 530 g/mol. The lowest BCUT2D eigenvalue weighted by molar-refractivity contribution is -0.386. The van der Waals surface area contributed by atoms with Gasteiger partial charge in [-0.1, -0.05) is 18.2 Å². The third kappa shape index (κ3) is 5.46. The molecule has 2 atom stereocenters. The summed E-state index contributed by atoms with van der Waals surface area (Å²) in [6.07, 6.45) is -3.09. The zero-order valence-electron chi connectivity index (χ0n) is 20.7. The first kappa shape index (κ1) is 27.0. The number of allylic oxidation sites excluding steroid dienone is 2. The van der Waals surface area contributed by atoms with E-state index in [1.807, 2.05) is 0 Å². The van der Waals surface area contributed by atoms with Crippen LogP contribution in [0.3, 0.4) is 0 Å². The Kier molecular flexibility index (Phi) is 7.66. The van der Waals surface area contributed by atoms with Crippen LogP contribution in [-0.2, 0) is 27.1 Å². The second-order valence-electron chi connectivity index (χ2n) is 9.07. The minimum Gasteiger partial charge on any atom is -0.482 e. The summed E-state index contributed by atoms with van der Waals surface area (Å²) in [7, 11) is 0. The largest absolute Gasteiger partial charge is 0.482 e. The maximum absolute atomic E-state index is 13.0. The fourth-order valence-electron chi connectivity index (χ4n) is 4.89. The lowest BCUT2D eigenvalue weighted by Crippen LogP contribution is -2.37. The SMILES string of the molecule is CCOC(=O)C1C(C)=NC2=C(C(=O)CCC2)[C@H]1c1ccc(OCc2cccc(C(F)(F)F)c2)c([N+](=O)[O-])c1. The van der Waals surface area contributed by atoms with Crippen molar-refractivity contribution in [3.8, 4) is 5.75 Å². The predicted octanol–water partition coefficient (Wildman–Crippen LogP) is 5.94. The van der Waals surface area contributed by atoms with Crippen LogP contribution in [0.15, 0.2) is 58.7 Å². The molecule has 1 aliphatic heterocycles. The van der Waals surface area contributed by atoms with Crippen molar-refractivity contribution in [2.75, 3.05) is 6.61 Å². The maximum Gasteiger partial charge on any atom is 0.416 e. The quantitative estimate of drug-likeness (QED) is 0.249. The molecule has 0 bridgehead atoms. The molecule has 1 unspecified atom stereocenters. The number of nitro groups is 1. The smallest absolute Gasteiger partial charge is 0.416 e. The number of ether oxygens (including phenoxy) is 2. The van der Waals surface area contributed by atoms with Crippen LogP contribution in [0.4, 0.5) is 18.9 Å². The van der Waals surface area contributed by atoms with Gasteiger partial charge in [-0.15, -0.1) is 0 Å². The van der Waals surface area contributed by atoms with Crippen molar-refractivity contribution in [1.82, 2.24) is 0 Å². The summed E-state index contributed by atoms with van der Waals surface area (Å²) in [6, 6.07) is 8.58. The molecular weight excluding hydrogens is 505 g/mol. The highest BCUT2D eigenvalue weighted by atomic mass is 19.4. The molecule has 2 aromatic carbocycles. The van der Waals surface area contributed by atoms with Crippen molar-refractivity contribution in [1.29, 1.82) is 0 Å². The second-order valence-corrected chi connectivity index (χ2v) is 9.07. The minimum atomic E-state index is -4.54. The molecule has 0 saturated heterocycles. The Hall–Kier alpha value is -4.02. The van der Waals surface area contributed by atoms with E-state index >= 15 is 0 Å². The van der Waals surface area contributed by atoms with Crippen LogP contribution in [0, 0.1) is 16.0 Å². The Morgan fingerprint density at radius 2 is 1.95 bits per heavy atom. The summed E-state index contributed by atoms with van der Waals surface area (Å²) < 4.78 is 49.9. The predicted molar refractivity (Wildman–Crippen MR) is 131 cm³/mol. The summed E-state index contributed by atoms with van der Waals surface area (Å²) >= 11 is 0. The Morgan fingerprint density at radius 1 is 1.18 bits per heavy atom. The Bertz CT molecular complexity index is 1350. The van der Waals surface area contributed by atoms with Gasteiger partial charge in [0.25, 0.3) is 0 Å². The number of halogens is 3. The molecule has 200 valence electrons. The van der Waals surface area contributed by atoms with Crippen LogP contribution in [0.25, 0.3) is 0 Å². The molecule has 2 aliphatic rings. The number of rotatable bonds is 7. The van der Waals surface area contributed by atoms with Crippen molar-refractivity contribution in [3.63, 3.8) is 0 Å². The fourth-order valence-corrected chi connectivity index (χ4v) is 4.89. The summed E-state index contributed by atoms with van der Waals surface area (Å²) in [5.41, 5.74) is 0.602. The Balaban J connectivity index is 1.71. The minimum absolute atomic E-state index is 0.109. The van der Waals surface area contributed by atoms with Gasteiger partial charge in [0.1, 0.15) is 12.5 Å². The first-order chi connectivity index (χ1) is 18.0. The van der Waals surface area contributed by atoms with E-state index < -0.39 is 40.2 Å². The molecule has 0 amide bonds. The number of Topliss-reactive ketones (excluding diaryl/α,β-unsaturated/α-hetero) is 1. The van der Waals surface area contributed by atoms with E-state index in [2.05, 4.69) is 4.99 Å². The van der Waals surface area contributed by atoms with Crippen molar-refractivity contribution >= 4 is 23.2 Å². The molecular formula is C27H25F3N2O6. The van der Waals surface area contributed by atoms with Crippen molar-refractivity contribution < 1.29 is 37.2 Å². The number of hydrogen-bond acceptors (Lipinski definition) is 7. The maximum atomic E-state index is 13.0. The summed E-state index contributed by atoms with van der Waals surface area (Å²) in [4.78, 5) is 41.7. The number of carbonyl (C=O) groups is 2. The van der Waals surface area contributed by atoms with Crippen molar-refractivity contribution in [2.45, 2.75) is 51.8 Å². The number of benzene rings is 2. The normalized spacial score (nSPS) is 19.5. The van der Waals surface area contributed by atoms with Gasteiger partial charge in [-0.2, -0.15) is 13.2 Å². The molecule has 0 spiro atoms. The first-order valence-electron chi connectivity index (χ1n) is 12.1. The molecule has 11 heteroatoms. The van der Waals surface area contributed by atoms with Gasteiger partial charge in [-0.05, 0) is 56.0 Å². The molecule has 4 rings (SSSR count). The zero-order valence-corrected chi connectivity index (χ0v) is 20.7. The van der Waals surface area contributed by atoms with Crippen LogP contribution in [-0.4, -0.2) is 29.0 Å². The van der Waals surface area contributed by atoms with Crippen LogP contribution in [0.5, 0.6) is 5.75 Å². The summed E-state index contributed by atoms with van der Waals surface area (Å²) in [5, 5.41) is 12.0. The van der Waals surface area contributed by atoms with Gasteiger partial charge in [-0.25, -0.2) is 0 Å². The zero-order chi connectivity index (χ0) is 27.6. The Labute approximate surface area is 216 Å². The highest BCUT2D eigenvalue weighted by Crippen LogP contribution is 2.45. The number of carbonyl (C=O) groups excluding carboxylic acids is 2. The molecule has 2 aromatic rings. The van der Waals surface area contributed by atoms with Crippen LogP contribution >= 0.6 is 0 Å². The third-order valence-corrected chi connectivity index (χ3v) is 6.56. The number of aliphatic imine (C=N–C) groups is 1. The van der Waals surface area contributed by atoms with Gasteiger partial charge in [0.15, 0.2) is 11.5 Å². The number of esters is 1. The highest BCUT2D eigenvalue weighted by molar-refractivity contribution is 6.08. The van der Waals surface area contributed by atoms with Gasteiger partial charge in [0, 0.05) is 35.4 Å². The van der Waals surface area contributed by atoms with Crippen LogP contribution in [0.1, 0.15) is 55.7 Å².